The standard InChI is InChI=1S/C20H22N2O4/c23-20(19-14-25-17-5-1-2-6-18(17)26-19)22-10-7-16(8-11-22)24-13-15-4-3-9-21-12-15/h1-6,9,12,16,19H,7-8,10-11,13-14H2/t19-/m1/s1. The molecular weight excluding hydrogens is 332 g/mol. The van der Waals surface area contributed by atoms with Crippen LogP contribution in [0.4, 0.5) is 0 Å². The second-order valence-corrected chi connectivity index (χ2v) is 6.56. The second kappa shape index (κ2) is 7.74. The monoisotopic (exact) mass is 354 g/mol. The minimum Gasteiger partial charge on any atom is -0.485 e. The Bertz CT molecular complexity index is 744. The van der Waals surface area contributed by atoms with Crippen LogP contribution >= 0.6 is 0 Å². The van der Waals surface area contributed by atoms with Gasteiger partial charge in [-0.1, -0.05) is 18.2 Å². The summed E-state index contributed by atoms with van der Waals surface area (Å²) < 4.78 is 17.4. The van der Waals surface area contributed by atoms with Crippen molar-refractivity contribution in [2.75, 3.05) is 19.7 Å². The van der Waals surface area contributed by atoms with Crippen LogP contribution in [0.25, 0.3) is 0 Å². The summed E-state index contributed by atoms with van der Waals surface area (Å²) in [6.45, 7) is 2.17. The Morgan fingerprint density at radius 2 is 1.96 bits per heavy atom. The van der Waals surface area contributed by atoms with Crippen LogP contribution < -0.4 is 9.47 Å². The van der Waals surface area contributed by atoms with Crippen molar-refractivity contribution in [1.29, 1.82) is 0 Å². The maximum atomic E-state index is 12.7. The van der Waals surface area contributed by atoms with Crippen molar-refractivity contribution < 1.29 is 19.0 Å². The van der Waals surface area contributed by atoms with Crippen LogP contribution in [0.3, 0.4) is 0 Å². The van der Waals surface area contributed by atoms with Crippen molar-refractivity contribution in [1.82, 2.24) is 9.88 Å². The van der Waals surface area contributed by atoms with E-state index in [1.165, 1.54) is 0 Å². The largest absolute Gasteiger partial charge is 0.485 e. The van der Waals surface area contributed by atoms with Gasteiger partial charge in [0.1, 0.15) is 6.61 Å². The van der Waals surface area contributed by atoms with Crippen molar-refractivity contribution in [2.45, 2.75) is 31.7 Å². The van der Waals surface area contributed by atoms with E-state index in [-0.39, 0.29) is 18.6 Å². The molecule has 1 fully saturated rings. The number of rotatable bonds is 4. The van der Waals surface area contributed by atoms with Crippen LogP contribution in [0.15, 0.2) is 48.8 Å². The van der Waals surface area contributed by atoms with Gasteiger partial charge in [0.15, 0.2) is 11.5 Å². The van der Waals surface area contributed by atoms with Gasteiger partial charge in [-0.25, -0.2) is 0 Å². The molecule has 1 aromatic carbocycles. The highest BCUT2D eigenvalue weighted by atomic mass is 16.6. The number of nitrogens with zero attached hydrogens (tertiary/aromatic N) is 2. The summed E-state index contributed by atoms with van der Waals surface area (Å²) in [4.78, 5) is 18.7. The van der Waals surface area contributed by atoms with E-state index in [9.17, 15) is 4.79 Å². The molecule has 1 saturated heterocycles. The molecule has 0 spiro atoms. The SMILES string of the molecule is O=C([C@H]1COc2ccccc2O1)N1CCC(OCc2cccnc2)CC1. The molecule has 0 saturated carbocycles. The molecule has 26 heavy (non-hydrogen) atoms. The van der Waals surface area contributed by atoms with E-state index in [1.807, 2.05) is 47.5 Å². The molecule has 6 heteroatoms. The molecule has 4 rings (SSSR count). The second-order valence-electron chi connectivity index (χ2n) is 6.56. The van der Waals surface area contributed by atoms with Gasteiger partial charge in [-0.3, -0.25) is 9.78 Å². The zero-order chi connectivity index (χ0) is 17.8. The van der Waals surface area contributed by atoms with Gasteiger partial charge in [-0.2, -0.15) is 0 Å². The van der Waals surface area contributed by atoms with Crippen molar-refractivity contribution in [3.05, 3.63) is 54.4 Å². The Balaban J connectivity index is 1.26. The van der Waals surface area contributed by atoms with Gasteiger partial charge in [0.2, 0.25) is 6.10 Å². The first-order valence-electron chi connectivity index (χ1n) is 8.97. The van der Waals surface area contributed by atoms with E-state index >= 15 is 0 Å². The first-order valence-corrected chi connectivity index (χ1v) is 8.97. The fourth-order valence-corrected chi connectivity index (χ4v) is 3.29. The molecule has 0 N–H and O–H groups in total. The predicted molar refractivity (Wildman–Crippen MR) is 95.0 cm³/mol. The number of carbonyl (C=O) groups excluding carboxylic acids is 1. The minimum absolute atomic E-state index is 0.00906. The fourth-order valence-electron chi connectivity index (χ4n) is 3.29. The maximum absolute atomic E-state index is 12.7. The lowest BCUT2D eigenvalue weighted by Crippen LogP contribution is -2.49. The summed E-state index contributed by atoms with van der Waals surface area (Å²) in [5, 5.41) is 0. The lowest BCUT2D eigenvalue weighted by atomic mass is 10.1. The number of amides is 1. The van der Waals surface area contributed by atoms with Crippen molar-refractivity contribution >= 4 is 5.91 Å². The molecule has 1 amide bonds. The molecule has 0 bridgehead atoms. The highest BCUT2D eigenvalue weighted by molar-refractivity contribution is 5.82. The Kier molecular flexibility index (Phi) is 5.02. The van der Waals surface area contributed by atoms with E-state index in [1.54, 1.807) is 6.20 Å². The van der Waals surface area contributed by atoms with E-state index in [0.717, 1.165) is 18.4 Å². The van der Waals surface area contributed by atoms with E-state index in [0.29, 0.717) is 31.2 Å². The first kappa shape index (κ1) is 16.8. The molecule has 1 atom stereocenters. The Labute approximate surface area is 152 Å². The summed E-state index contributed by atoms with van der Waals surface area (Å²) >= 11 is 0. The minimum atomic E-state index is -0.572. The van der Waals surface area contributed by atoms with E-state index in [2.05, 4.69) is 4.98 Å². The zero-order valence-corrected chi connectivity index (χ0v) is 14.5. The average molecular weight is 354 g/mol. The quantitative estimate of drug-likeness (QED) is 0.844. The number of aromatic nitrogens is 1. The van der Waals surface area contributed by atoms with Gasteiger partial charge in [-0.15, -0.1) is 0 Å². The number of fused-ring (bicyclic) bond motifs is 1. The molecule has 3 heterocycles. The Morgan fingerprint density at radius 1 is 1.15 bits per heavy atom. The molecule has 2 aliphatic heterocycles. The number of likely N-dealkylation sites (tertiary alicyclic amines) is 1. The summed E-state index contributed by atoms with van der Waals surface area (Å²) in [5.41, 5.74) is 1.07. The number of hydrogen-bond acceptors (Lipinski definition) is 5. The molecule has 0 aliphatic carbocycles. The average Bonchev–Trinajstić information content (AvgIpc) is 2.72. The third-order valence-electron chi connectivity index (χ3n) is 4.75. The molecule has 6 nitrogen and oxygen atoms in total. The van der Waals surface area contributed by atoms with Crippen molar-refractivity contribution in [3.63, 3.8) is 0 Å². The summed E-state index contributed by atoms with van der Waals surface area (Å²) in [6.07, 6.45) is 4.83. The van der Waals surface area contributed by atoms with E-state index in [4.69, 9.17) is 14.2 Å². The summed E-state index contributed by atoms with van der Waals surface area (Å²) in [7, 11) is 0. The number of piperidine rings is 1. The number of hydrogen-bond donors (Lipinski definition) is 0. The van der Waals surface area contributed by atoms with E-state index < -0.39 is 6.10 Å². The van der Waals surface area contributed by atoms with Crippen LogP contribution in [0.1, 0.15) is 18.4 Å². The highest BCUT2D eigenvalue weighted by Crippen LogP contribution is 2.31. The lowest BCUT2D eigenvalue weighted by molar-refractivity contribution is -0.144. The molecule has 0 unspecified atom stereocenters. The van der Waals surface area contributed by atoms with Crippen LogP contribution in [-0.4, -0.2) is 47.7 Å². The number of carbonyl (C=O) groups is 1. The summed E-state index contributed by atoms with van der Waals surface area (Å²) in [5.74, 6) is 1.32. The lowest BCUT2D eigenvalue weighted by Gasteiger charge is -2.35. The molecular formula is C20H22N2O4. The number of para-hydroxylation sites is 2. The zero-order valence-electron chi connectivity index (χ0n) is 14.5. The predicted octanol–water partition coefficient (Wildman–Crippen LogP) is 2.43. The van der Waals surface area contributed by atoms with Gasteiger partial charge in [-0.05, 0) is 36.6 Å². The molecule has 2 aromatic rings. The van der Waals surface area contributed by atoms with Gasteiger partial charge in [0, 0.05) is 25.5 Å². The first-order chi connectivity index (χ1) is 12.8. The molecule has 2 aliphatic rings. The topological polar surface area (TPSA) is 60.9 Å². The van der Waals surface area contributed by atoms with Crippen molar-refractivity contribution in [3.8, 4) is 11.5 Å². The fraction of sp³-hybridized carbons (Fsp3) is 0.400. The maximum Gasteiger partial charge on any atom is 0.267 e. The van der Waals surface area contributed by atoms with Crippen LogP contribution in [0, 0.1) is 0 Å². The van der Waals surface area contributed by atoms with Crippen LogP contribution in [-0.2, 0) is 16.1 Å². The Morgan fingerprint density at radius 3 is 2.73 bits per heavy atom. The van der Waals surface area contributed by atoms with Gasteiger partial charge in [0.05, 0.1) is 12.7 Å². The molecule has 136 valence electrons. The van der Waals surface area contributed by atoms with Gasteiger partial charge in [0.25, 0.3) is 5.91 Å². The van der Waals surface area contributed by atoms with Crippen LogP contribution in [0.2, 0.25) is 0 Å². The third kappa shape index (κ3) is 3.80. The smallest absolute Gasteiger partial charge is 0.267 e. The van der Waals surface area contributed by atoms with Gasteiger partial charge >= 0.3 is 0 Å². The van der Waals surface area contributed by atoms with Crippen LogP contribution in [0.5, 0.6) is 11.5 Å². The molecule has 1 aromatic heterocycles. The Hall–Kier alpha value is -2.60. The van der Waals surface area contributed by atoms with Gasteiger partial charge < -0.3 is 19.1 Å². The third-order valence-corrected chi connectivity index (χ3v) is 4.75. The highest BCUT2D eigenvalue weighted by Gasteiger charge is 2.33. The number of ether oxygens (including phenoxy) is 3. The van der Waals surface area contributed by atoms with Crippen molar-refractivity contribution in [2.24, 2.45) is 0 Å². The number of pyridine rings is 1. The summed E-state index contributed by atoms with van der Waals surface area (Å²) in [6, 6.07) is 11.4. The molecule has 0 radical (unpaired) electrons. The number of benzene rings is 1. The normalized spacial score (nSPS) is 20.0.